The molecule has 0 saturated carbocycles. The van der Waals surface area contributed by atoms with Gasteiger partial charge in [-0.25, -0.2) is 9.18 Å². The highest BCUT2D eigenvalue weighted by Gasteiger charge is 2.08. The van der Waals surface area contributed by atoms with E-state index in [1.165, 1.54) is 18.2 Å². The Kier molecular flexibility index (Phi) is 4.90. The van der Waals surface area contributed by atoms with Crippen LogP contribution in [0.15, 0.2) is 42.5 Å². The molecule has 4 nitrogen and oxygen atoms in total. The third kappa shape index (κ3) is 3.79. The number of benzene rings is 2. The van der Waals surface area contributed by atoms with Crippen molar-refractivity contribution in [2.45, 2.75) is 13.1 Å². The van der Waals surface area contributed by atoms with Gasteiger partial charge >= 0.3 is 5.97 Å². The van der Waals surface area contributed by atoms with Gasteiger partial charge in [0, 0.05) is 24.2 Å². The topological polar surface area (TPSA) is 58.6 Å². The van der Waals surface area contributed by atoms with Gasteiger partial charge in [0.2, 0.25) is 0 Å². The molecular weight excluding hydrogens is 273 g/mol. The summed E-state index contributed by atoms with van der Waals surface area (Å²) in [7, 11) is 1.59. The van der Waals surface area contributed by atoms with Gasteiger partial charge in [-0.15, -0.1) is 0 Å². The number of carbonyl (C=O) groups is 1. The van der Waals surface area contributed by atoms with E-state index >= 15 is 0 Å². The second kappa shape index (κ2) is 6.85. The van der Waals surface area contributed by atoms with Crippen molar-refractivity contribution in [3.63, 3.8) is 0 Å². The average molecular weight is 289 g/mol. The smallest absolute Gasteiger partial charge is 0.335 e. The molecule has 0 radical (unpaired) electrons. The zero-order valence-corrected chi connectivity index (χ0v) is 11.6. The van der Waals surface area contributed by atoms with Gasteiger partial charge in [0.05, 0.1) is 12.7 Å². The molecule has 2 rings (SSSR count). The molecule has 21 heavy (non-hydrogen) atoms. The molecule has 0 saturated heterocycles. The first kappa shape index (κ1) is 15.0. The Bertz CT molecular complexity index is 643. The Balaban J connectivity index is 2.03. The molecule has 0 spiro atoms. The Morgan fingerprint density at radius 3 is 2.62 bits per heavy atom. The molecule has 2 N–H and O–H groups in total. The van der Waals surface area contributed by atoms with Gasteiger partial charge in [-0.05, 0) is 24.3 Å². The number of para-hydroxylation sites is 1. The van der Waals surface area contributed by atoms with Gasteiger partial charge in [-0.1, -0.05) is 18.2 Å². The summed E-state index contributed by atoms with van der Waals surface area (Å²) in [5, 5.41) is 12.0. The summed E-state index contributed by atoms with van der Waals surface area (Å²) in [6.07, 6.45) is 0. The van der Waals surface area contributed by atoms with Crippen molar-refractivity contribution < 1.29 is 19.0 Å². The predicted molar refractivity (Wildman–Crippen MR) is 76.9 cm³/mol. The van der Waals surface area contributed by atoms with E-state index in [0.29, 0.717) is 12.1 Å². The first-order valence-corrected chi connectivity index (χ1v) is 6.46. The molecule has 0 aliphatic carbocycles. The zero-order valence-electron chi connectivity index (χ0n) is 11.6. The molecule has 0 aliphatic rings. The molecule has 0 amide bonds. The normalized spacial score (nSPS) is 10.4. The quantitative estimate of drug-likeness (QED) is 0.858. The lowest BCUT2D eigenvalue weighted by Gasteiger charge is -2.10. The van der Waals surface area contributed by atoms with Crippen LogP contribution < -0.4 is 10.1 Å². The maximum atomic E-state index is 13.6. The summed E-state index contributed by atoms with van der Waals surface area (Å²) < 4.78 is 18.9. The lowest BCUT2D eigenvalue weighted by molar-refractivity contribution is 0.0696. The van der Waals surface area contributed by atoms with E-state index in [1.54, 1.807) is 7.11 Å². The first-order valence-electron chi connectivity index (χ1n) is 6.46. The highest BCUT2D eigenvalue weighted by atomic mass is 19.1. The maximum absolute atomic E-state index is 13.6. The number of methoxy groups -OCH3 is 1. The summed E-state index contributed by atoms with van der Waals surface area (Å²) in [4.78, 5) is 10.9. The number of carboxylic acid groups (broad SMARTS) is 1. The van der Waals surface area contributed by atoms with Crippen molar-refractivity contribution in [3.05, 3.63) is 65.0 Å². The van der Waals surface area contributed by atoms with E-state index in [9.17, 15) is 9.18 Å². The summed E-state index contributed by atoms with van der Waals surface area (Å²) in [5.41, 5.74) is 1.35. The van der Waals surface area contributed by atoms with Crippen LogP contribution in [-0.4, -0.2) is 18.2 Å². The predicted octanol–water partition coefficient (Wildman–Crippen LogP) is 2.82. The molecule has 0 aromatic heterocycles. The minimum atomic E-state index is -1.07. The van der Waals surface area contributed by atoms with Crippen LogP contribution in [0.3, 0.4) is 0 Å². The molecule has 5 heteroatoms. The molecule has 0 fully saturated rings. The molecule has 0 atom stereocenters. The summed E-state index contributed by atoms with van der Waals surface area (Å²) in [5.74, 6) is -0.738. The fourth-order valence-electron chi connectivity index (χ4n) is 2.02. The third-order valence-electron chi connectivity index (χ3n) is 3.12. The van der Waals surface area contributed by atoms with E-state index in [2.05, 4.69) is 5.32 Å². The lowest BCUT2D eigenvalue weighted by Crippen LogP contribution is -2.15. The van der Waals surface area contributed by atoms with Gasteiger partial charge in [0.15, 0.2) is 0 Å². The number of ether oxygens (including phenoxy) is 1. The number of aromatic carboxylic acids is 1. The van der Waals surface area contributed by atoms with Gasteiger partial charge in [0.1, 0.15) is 11.6 Å². The van der Waals surface area contributed by atoms with E-state index in [-0.39, 0.29) is 12.1 Å². The number of halogens is 1. The van der Waals surface area contributed by atoms with Crippen molar-refractivity contribution in [1.29, 1.82) is 0 Å². The maximum Gasteiger partial charge on any atom is 0.335 e. The van der Waals surface area contributed by atoms with Crippen molar-refractivity contribution in [3.8, 4) is 5.75 Å². The van der Waals surface area contributed by atoms with E-state index < -0.39 is 11.8 Å². The van der Waals surface area contributed by atoms with Crippen molar-refractivity contribution >= 4 is 5.97 Å². The van der Waals surface area contributed by atoms with Crippen LogP contribution >= 0.6 is 0 Å². The number of nitrogens with one attached hydrogen (secondary N) is 1. The Labute approximate surface area is 122 Å². The van der Waals surface area contributed by atoms with Gasteiger partial charge in [-0.2, -0.15) is 0 Å². The number of rotatable bonds is 6. The van der Waals surface area contributed by atoms with E-state index in [0.717, 1.165) is 11.3 Å². The fraction of sp³-hybridized carbons (Fsp3) is 0.188. The van der Waals surface area contributed by atoms with Crippen LogP contribution in [0.25, 0.3) is 0 Å². The SMILES string of the molecule is COc1ccccc1CNCc1cc(C(=O)O)ccc1F. The Morgan fingerprint density at radius 2 is 1.90 bits per heavy atom. The van der Waals surface area contributed by atoms with Crippen molar-refractivity contribution in [1.82, 2.24) is 5.32 Å². The van der Waals surface area contributed by atoms with Crippen LogP contribution in [0.5, 0.6) is 5.75 Å². The molecule has 0 unspecified atom stereocenters. The Hall–Kier alpha value is -2.40. The summed E-state index contributed by atoms with van der Waals surface area (Å²) in [6.45, 7) is 0.742. The average Bonchev–Trinajstić information content (AvgIpc) is 2.49. The second-order valence-corrected chi connectivity index (χ2v) is 4.53. The molecule has 2 aromatic carbocycles. The minimum Gasteiger partial charge on any atom is -0.496 e. The van der Waals surface area contributed by atoms with Gasteiger partial charge in [0.25, 0.3) is 0 Å². The highest BCUT2D eigenvalue weighted by molar-refractivity contribution is 5.87. The second-order valence-electron chi connectivity index (χ2n) is 4.53. The van der Waals surface area contributed by atoms with Crippen molar-refractivity contribution in [2.24, 2.45) is 0 Å². The van der Waals surface area contributed by atoms with Crippen LogP contribution in [0, 0.1) is 5.82 Å². The molecular formula is C16H16FNO3. The largest absolute Gasteiger partial charge is 0.496 e. The first-order chi connectivity index (χ1) is 10.1. The highest BCUT2D eigenvalue weighted by Crippen LogP contribution is 2.17. The lowest BCUT2D eigenvalue weighted by atomic mass is 10.1. The van der Waals surface area contributed by atoms with Crippen molar-refractivity contribution in [2.75, 3.05) is 7.11 Å². The summed E-state index contributed by atoms with van der Waals surface area (Å²) >= 11 is 0. The zero-order chi connectivity index (χ0) is 15.2. The fourth-order valence-corrected chi connectivity index (χ4v) is 2.02. The summed E-state index contributed by atoms with van der Waals surface area (Å²) in [6, 6.07) is 11.3. The third-order valence-corrected chi connectivity index (χ3v) is 3.12. The molecule has 110 valence electrons. The number of carboxylic acids is 1. The monoisotopic (exact) mass is 289 g/mol. The van der Waals surface area contributed by atoms with Crippen LogP contribution in [0.4, 0.5) is 4.39 Å². The van der Waals surface area contributed by atoms with Crippen LogP contribution in [0.1, 0.15) is 21.5 Å². The van der Waals surface area contributed by atoms with E-state index in [4.69, 9.17) is 9.84 Å². The standard InChI is InChI=1S/C16H16FNO3/c1-21-15-5-3-2-4-12(15)9-18-10-13-8-11(16(19)20)6-7-14(13)17/h2-8,18H,9-10H2,1H3,(H,19,20). The van der Waals surface area contributed by atoms with Gasteiger partial charge < -0.3 is 15.2 Å². The number of hydrogen-bond acceptors (Lipinski definition) is 3. The molecule has 0 aliphatic heterocycles. The van der Waals surface area contributed by atoms with Crippen LogP contribution in [-0.2, 0) is 13.1 Å². The Morgan fingerprint density at radius 1 is 1.19 bits per heavy atom. The minimum absolute atomic E-state index is 0.0745. The van der Waals surface area contributed by atoms with Crippen LogP contribution in [0.2, 0.25) is 0 Å². The van der Waals surface area contributed by atoms with E-state index in [1.807, 2.05) is 24.3 Å². The molecule has 0 heterocycles. The number of hydrogen-bond donors (Lipinski definition) is 2. The molecule has 0 bridgehead atoms. The van der Waals surface area contributed by atoms with Gasteiger partial charge in [-0.3, -0.25) is 0 Å². The molecule has 2 aromatic rings.